The minimum absolute atomic E-state index is 0.0970. The second kappa shape index (κ2) is 6.44. The van der Waals surface area contributed by atoms with Crippen molar-refractivity contribution in [1.82, 2.24) is 10.2 Å². The van der Waals surface area contributed by atoms with Crippen molar-refractivity contribution in [3.63, 3.8) is 0 Å². The lowest BCUT2D eigenvalue weighted by atomic mass is 10.1. The summed E-state index contributed by atoms with van der Waals surface area (Å²) < 4.78 is 11.0. The Morgan fingerprint density at radius 1 is 1.09 bits per heavy atom. The maximum atomic E-state index is 10.2. The molecular weight excluding hydrogens is 292 g/mol. The van der Waals surface area contributed by atoms with Crippen LogP contribution in [-0.2, 0) is 6.42 Å². The van der Waals surface area contributed by atoms with Gasteiger partial charge in [0.2, 0.25) is 0 Å². The van der Waals surface area contributed by atoms with Crippen molar-refractivity contribution in [1.29, 1.82) is 0 Å². The number of methoxy groups -OCH3 is 1. The molecule has 3 rings (SSSR count). The number of hydrogen-bond acceptors (Lipinski definition) is 4. The van der Waals surface area contributed by atoms with Crippen LogP contribution in [0.1, 0.15) is 12.5 Å². The van der Waals surface area contributed by atoms with Gasteiger partial charge in [0, 0.05) is 11.6 Å². The van der Waals surface area contributed by atoms with Crippen molar-refractivity contribution < 1.29 is 14.6 Å². The van der Waals surface area contributed by atoms with Gasteiger partial charge in [0.1, 0.15) is 22.9 Å². The SMILES string of the molecule is CCc1ccc(Oc2cn[nH]c2-c2ccc(OC)cc2O)cc1. The van der Waals surface area contributed by atoms with Crippen LogP contribution in [0.15, 0.2) is 48.7 Å². The number of aromatic amines is 1. The van der Waals surface area contributed by atoms with Crippen LogP contribution >= 0.6 is 0 Å². The molecule has 23 heavy (non-hydrogen) atoms. The number of nitrogens with one attached hydrogen (secondary N) is 1. The number of phenolic OH excluding ortho intramolecular Hbond substituents is 1. The average molecular weight is 310 g/mol. The van der Waals surface area contributed by atoms with Crippen LogP contribution in [0.2, 0.25) is 0 Å². The minimum atomic E-state index is 0.0970. The van der Waals surface area contributed by atoms with E-state index in [1.807, 2.05) is 24.3 Å². The summed E-state index contributed by atoms with van der Waals surface area (Å²) in [4.78, 5) is 0. The van der Waals surface area contributed by atoms with Gasteiger partial charge in [0.15, 0.2) is 5.75 Å². The molecule has 0 unspecified atom stereocenters. The fraction of sp³-hybridized carbons (Fsp3) is 0.167. The van der Waals surface area contributed by atoms with Gasteiger partial charge in [0.05, 0.1) is 13.3 Å². The Bertz CT molecular complexity index is 794. The predicted octanol–water partition coefficient (Wildman–Crippen LogP) is 4.15. The van der Waals surface area contributed by atoms with E-state index in [0.717, 1.165) is 12.2 Å². The Balaban J connectivity index is 1.90. The van der Waals surface area contributed by atoms with E-state index in [1.165, 1.54) is 5.56 Å². The van der Waals surface area contributed by atoms with Crippen LogP contribution in [0.3, 0.4) is 0 Å². The number of ether oxygens (including phenoxy) is 2. The molecule has 0 aliphatic carbocycles. The second-order valence-electron chi connectivity index (χ2n) is 5.09. The molecule has 0 fully saturated rings. The number of aromatic hydroxyl groups is 1. The van der Waals surface area contributed by atoms with E-state index in [0.29, 0.717) is 22.8 Å². The average Bonchev–Trinajstić information content (AvgIpc) is 3.03. The van der Waals surface area contributed by atoms with E-state index in [2.05, 4.69) is 17.1 Å². The molecule has 2 aromatic carbocycles. The van der Waals surface area contributed by atoms with Gasteiger partial charge in [-0.1, -0.05) is 19.1 Å². The maximum absolute atomic E-state index is 10.2. The van der Waals surface area contributed by atoms with Gasteiger partial charge < -0.3 is 14.6 Å². The van der Waals surface area contributed by atoms with Crippen molar-refractivity contribution in [3.8, 4) is 34.3 Å². The first-order valence-corrected chi connectivity index (χ1v) is 7.38. The normalized spacial score (nSPS) is 10.5. The Kier molecular flexibility index (Phi) is 4.19. The number of aryl methyl sites for hydroxylation is 1. The molecule has 5 nitrogen and oxygen atoms in total. The summed E-state index contributed by atoms with van der Waals surface area (Å²) in [6, 6.07) is 13.0. The molecule has 5 heteroatoms. The van der Waals surface area contributed by atoms with Crippen LogP contribution in [0.5, 0.6) is 23.0 Å². The highest BCUT2D eigenvalue weighted by molar-refractivity contribution is 5.73. The van der Waals surface area contributed by atoms with E-state index >= 15 is 0 Å². The third-order valence-electron chi connectivity index (χ3n) is 3.64. The van der Waals surface area contributed by atoms with E-state index in [9.17, 15) is 5.11 Å². The zero-order valence-electron chi connectivity index (χ0n) is 13.0. The third-order valence-corrected chi connectivity index (χ3v) is 3.64. The molecule has 0 atom stereocenters. The van der Waals surface area contributed by atoms with Gasteiger partial charge >= 0.3 is 0 Å². The fourth-order valence-corrected chi connectivity index (χ4v) is 2.32. The topological polar surface area (TPSA) is 67.4 Å². The first kappa shape index (κ1) is 15.0. The summed E-state index contributed by atoms with van der Waals surface area (Å²) in [7, 11) is 1.55. The van der Waals surface area contributed by atoms with Gasteiger partial charge in [-0.15, -0.1) is 0 Å². The minimum Gasteiger partial charge on any atom is -0.507 e. The Morgan fingerprint density at radius 3 is 2.48 bits per heavy atom. The molecular formula is C18H18N2O3. The van der Waals surface area contributed by atoms with Gasteiger partial charge in [-0.2, -0.15) is 5.10 Å². The van der Waals surface area contributed by atoms with Crippen LogP contribution < -0.4 is 9.47 Å². The van der Waals surface area contributed by atoms with Gasteiger partial charge in [-0.3, -0.25) is 5.10 Å². The summed E-state index contributed by atoms with van der Waals surface area (Å²) in [6.07, 6.45) is 2.57. The number of benzene rings is 2. The lowest BCUT2D eigenvalue weighted by molar-refractivity contribution is 0.408. The highest BCUT2D eigenvalue weighted by Crippen LogP contribution is 2.37. The third kappa shape index (κ3) is 3.13. The van der Waals surface area contributed by atoms with E-state index in [1.54, 1.807) is 31.5 Å². The quantitative estimate of drug-likeness (QED) is 0.743. The molecule has 0 radical (unpaired) electrons. The standard InChI is InChI=1S/C18H18N2O3/c1-3-12-4-6-13(7-5-12)23-17-11-19-20-18(17)15-9-8-14(22-2)10-16(15)21/h4-11,21H,3H2,1-2H3,(H,19,20). The molecule has 1 heterocycles. The summed E-state index contributed by atoms with van der Waals surface area (Å²) in [5, 5.41) is 17.1. The maximum Gasteiger partial charge on any atom is 0.173 e. The van der Waals surface area contributed by atoms with Crippen molar-refractivity contribution in [2.24, 2.45) is 0 Å². The van der Waals surface area contributed by atoms with E-state index < -0.39 is 0 Å². The van der Waals surface area contributed by atoms with Crippen molar-refractivity contribution in [2.45, 2.75) is 13.3 Å². The Hall–Kier alpha value is -2.95. The van der Waals surface area contributed by atoms with Crippen molar-refractivity contribution in [2.75, 3.05) is 7.11 Å². The summed E-state index contributed by atoms with van der Waals surface area (Å²) >= 11 is 0. The summed E-state index contributed by atoms with van der Waals surface area (Å²) in [5.41, 5.74) is 2.46. The fourth-order valence-electron chi connectivity index (χ4n) is 2.32. The number of rotatable bonds is 5. The highest BCUT2D eigenvalue weighted by Gasteiger charge is 2.14. The lowest BCUT2D eigenvalue weighted by Crippen LogP contribution is -1.89. The second-order valence-corrected chi connectivity index (χ2v) is 5.09. The molecule has 2 N–H and O–H groups in total. The first-order chi connectivity index (χ1) is 11.2. The van der Waals surface area contributed by atoms with Crippen LogP contribution in [0, 0.1) is 0 Å². The Labute approximate surface area is 134 Å². The lowest BCUT2D eigenvalue weighted by Gasteiger charge is -2.09. The molecule has 0 saturated carbocycles. The molecule has 0 saturated heterocycles. The zero-order valence-corrected chi connectivity index (χ0v) is 13.0. The van der Waals surface area contributed by atoms with Gasteiger partial charge in [-0.25, -0.2) is 0 Å². The Morgan fingerprint density at radius 2 is 1.83 bits per heavy atom. The number of phenols is 1. The van der Waals surface area contributed by atoms with Gasteiger partial charge in [-0.05, 0) is 36.2 Å². The summed E-state index contributed by atoms with van der Waals surface area (Å²) in [5.74, 6) is 1.95. The first-order valence-electron chi connectivity index (χ1n) is 7.38. The van der Waals surface area contributed by atoms with Crippen LogP contribution in [0.25, 0.3) is 11.3 Å². The monoisotopic (exact) mass is 310 g/mol. The molecule has 0 spiro atoms. The van der Waals surface area contributed by atoms with Gasteiger partial charge in [0.25, 0.3) is 0 Å². The molecule has 1 aromatic heterocycles. The van der Waals surface area contributed by atoms with E-state index in [-0.39, 0.29) is 5.75 Å². The molecule has 0 bridgehead atoms. The molecule has 118 valence electrons. The number of hydrogen-bond donors (Lipinski definition) is 2. The van der Waals surface area contributed by atoms with Crippen molar-refractivity contribution >= 4 is 0 Å². The number of aromatic nitrogens is 2. The predicted molar refractivity (Wildman–Crippen MR) is 88.1 cm³/mol. The summed E-state index contributed by atoms with van der Waals surface area (Å²) in [6.45, 7) is 2.11. The van der Waals surface area contributed by atoms with Crippen LogP contribution in [-0.4, -0.2) is 22.4 Å². The van der Waals surface area contributed by atoms with Crippen molar-refractivity contribution in [3.05, 3.63) is 54.2 Å². The molecule has 3 aromatic rings. The highest BCUT2D eigenvalue weighted by atomic mass is 16.5. The molecule has 0 amide bonds. The molecule has 0 aliphatic rings. The number of nitrogens with zero attached hydrogens (tertiary/aromatic N) is 1. The molecule has 0 aliphatic heterocycles. The van der Waals surface area contributed by atoms with Crippen LogP contribution in [0.4, 0.5) is 0 Å². The zero-order chi connectivity index (χ0) is 16.2. The van der Waals surface area contributed by atoms with E-state index in [4.69, 9.17) is 9.47 Å². The smallest absolute Gasteiger partial charge is 0.173 e. The number of H-pyrrole nitrogens is 1. The largest absolute Gasteiger partial charge is 0.507 e.